The zero-order valence-corrected chi connectivity index (χ0v) is 10.1. The highest BCUT2D eigenvalue weighted by molar-refractivity contribution is 4.98. The number of rotatable bonds is 5. The van der Waals surface area contributed by atoms with Gasteiger partial charge in [0.05, 0.1) is 5.60 Å². The van der Waals surface area contributed by atoms with Gasteiger partial charge in [-0.25, -0.2) is 0 Å². The zero-order chi connectivity index (χ0) is 11.4. The van der Waals surface area contributed by atoms with E-state index in [-0.39, 0.29) is 5.41 Å². The van der Waals surface area contributed by atoms with Crippen LogP contribution in [0.4, 0.5) is 0 Å². The molecule has 15 heavy (non-hydrogen) atoms. The summed E-state index contributed by atoms with van der Waals surface area (Å²) < 4.78 is 5.06. The molecule has 0 aromatic carbocycles. The van der Waals surface area contributed by atoms with Crippen molar-refractivity contribution in [2.75, 3.05) is 20.3 Å². The first kappa shape index (κ1) is 12.9. The molecule has 0 aromatic rings. The first-order chi connectivity index (χ1) is 7.08. The summed E-state index contributed by atoms with van der Waals surface area (Å²) in [5.74, 6) is 0. The summed E-state index contributed by atoms with van der Waals surface area (Å²) in [4.78, 5) is 0. The first-order valence-corrected chi connectivity index (χ1v) is 5.99. The standard InChI is InChI=1S/C12H25NO2/c1-11(14,8-9-15-2)12(10-13)6-4-3-5-7-12/h14H,3-10,13H2,1-2H3. The fraction of sp³-hybridized carbons (Fsp3) is 1.00. The largest absolute Gasteiger partial charge is 0.389 e. The summed E-state index contributed by atoms with van der Waals surface area (Å²) in [7, 11) is 1.67. The highest BCUT2D eigenvalue weighted by Gasteiger charge is 2.45. The van der Waals surface area contributed by atoms with Gasteiger partial charge in [-0.3, -0.25) is 0 Å². The molecule has 0 heterocycles. The minimum atomic E-state index is -0.682. The van der Waals surface area contributed by atoms with E-state index in [9.17, 15) is 5.11 Å². The van der Waals surface area contributed by atoms with Gasteiger partial charge in [0.15, 0.2) is 0 Å². The van der Waals surface area contributed by atoms with E-state index in [0.717, 1.165) is 12.8 Å². The summed E-state index contributed by atoms with van der Waals surface area (Å²) >= 11 is 0. The lowest BCUT2D eigenvalue weighted by Crippen LogP contribution is -2.52. The molecular formula is C12H25NO2. The molecule has 1 fully saturated rings. The maximum atomic E-state index is 10.6. The van der Waals surface area contributed by atoms with Crippen molar-refractivity contribution < 1.29 is 9.84 Å². The topological polar surface area (TPSA) is 55.5 Å². The van der Waals surface area contributed by atoms with Crippen LogP contribution in [-0.4, -0.2) is 31.0 Å². The van der Waals surface area contributed by atoms with Gasteiger partial charge in [-0.2, -0.15) is 0 Å². The second-order valence-corrected chi connectivity index (χ2v) is 5.06. The van der Waals surface area contributed by atoms with Crippen LogP contribution in [0.3, 0.4) is 0 Å². The third kappa shape index (κ3) is 2.71. The van der Waals surface area contributed by atoms with Crippen LogP contribution in [0, 0.1) is 5.41 Å². The molecule has 3 heteroatoms. The summed E-state index contributed by atoms with van der Waals surface area (Å²) in [5, 5.41) is 10.6. The Hall–Kier alpha value is -0.120. The Morgan fingerprint density at radius 1 is 1.33 bits per heavy atom. The summed E-state index contributed by atoms with van der Waals surface area (Å²) in [6.45, 7) is 3.11. The number of nitrogens with two attached hydrogens (primary N) is 1. The molecule has 0 bridgehead atoms. The maximum absolute atomic E-state index is 10.6. The second kappa shape index (κ2) is 5.28. The quantitative estimate of drug-likeness (QED) is 0.733. The molecule has 0 spiro atoms. The Balaban J connectivity index is 2.69. The van der Waals surface area contributed by atoms with Gasteiger partial charge in [0.2, 0.25) is 0 Å². The van der Waals surface area contributed by atoms with Gasteiger partial charge in [-0.15, -0.1) is 0 Å². The minimum Gasteiger partial charge on any atom is -0.389 e. The Morgan fingerprint density at radius 2 is 1.93 bits per heavy atom. The first-order valence-electron chi connectivity index (χ1n) is 5.99. The van der Waals surface area contributed by atoms with Crippen molar-refractivity contribution in [2.24, 2.45) is 11.1 Å². The Morgan fingerprint density at radius 3 is 2.40 bits per heavy atom. The number of aliphatic hydroxyl groups is 1. The molecule has 1 aliphatic carbocycles. The molecular weight excluding hydrogens is 190 g/mol. The van der Waals surface area contributed by atoms with Crippen LogP contribution in [0.25, 0.3) is 0 Å². The lowest BCUT2D eigenvalue weighted by atomic mass is 9.63. The fourth-order valence-corrected chi connectivity index (χ4v) is 2.76. The second-order valence-electron chi connectivity index (χ2n) is 5.06. The van der Waals surface area contributed by atoms with Crippen LogP contribution in [0.5, 0.6) is 0 Å². The molecule has 1 unspecified atom stereocenters. The Kier molecular flexibility index (Phi) is 4.56. The van der Waals surface area contributed by atoms with Crippen molar-refractivity contribution in [1.82, 2.24) is 0 Å². The normalized spacial score (nSPS) is 24.8. The lowest BCUT2D eigenvalue weighted by Gasteiger charge is -2.47. The molecule has 1 rings (SSSR count). The van der Waals surface area contributed by atoms with Crippen LogP contribution in [0.15, 0.2) is 0 Å². The molecule has 0 radical (unpaired) electrons. The SMILES string of the molecule is COCCC(C)(O)C1(CN)CCCCC1. The van der Waals surface area contributed by atoms with Crippen molar-refractivity contribution in [3.8, 4) is 0 Å². The molecule has 3 nitrogen and oxygen atoms in total. The van der Waals surface area contributed by atoms with E-state index in [4.69, 9.17) is 10.5 Å². The van der Waals surface area contributed by atoms with Crippen molar-refractivity contribution >= 4 is 0 Å². The predicted octanol–water partition coefficient (Wildman–Crippen LogP) is 1.68. The van der Waals surface area contributed by atoms with E-state index >= 15 is 0 Å². The van der Waals surface area contributed by atoms with Crippen molar-refractivity contribution in [3.63, 3.8) is 0 Å². The van der Waals surface area contributed by atoms with Gasteiger partial charge in [0, 0.05) is 25.7 Å². The molecule has 0 aromatic heterocycles. The van der Waals surface area contributed by atoms with Crippen LogP contribution in [0.2, 0.25) is 0 Å². The van der Waals surface area contributed by atoms with E-state index in [2.05, 4.69) is 0 Å². The van der Waals surface area contributed by atoms with Gasteiger partial charge in [0.25, 0.3) is 0 Å². The fourth-order valence-electron chi connectivity index (χ4n) is 2.76. The average molecular weight is 215 g/mol. The molecule has 1 aliphatic rings. The molecule has 1 saturated carbocycles. The molecule has 0 saturated heterocycles. The summed E-state index contributed by atoms with van der Waals surface area (Å²) in [6.07, 6.45) is 6.46. The van der Waals surface area contributed by atoms with Gasteiger partial charge < -0.3 is 15.6 Å². The van der Waals surface area contributed by atoms with Crippen LogP contribution >= 0.6 is 0 Å². The predicted molar refractivity (Wildman–Crippen MR) is 61.7 cm³/mol. The maximum Gasteiger partial charge on any atom is 0.0709 e. The van der Waals surface area contributed by atoms with Gasteiger partial charge >= 0.3 is 0 Å². The smallest absolute Gasteiger partial charge is 0.0709 e. The van der Waals surface area contributed by atoms with E-state index in [1.807, 2.05) is 6.92 Å². The van der Waals surface area contributed by atoms with Crippen molar-refractivity contribution in [1.29, 1.82) is 0 Å². The van der Waals surface area contributed by atoms with E-state index in [0.29, 0.717) is 19.6 Å². The lowest BCUT2D eigenvalue weighted by molar-refractivity contribution is -0.100. The van der Waals surface area contributed by atoms with Gasteiger partial charge in [0.1, 0.15) is 0 Å². The monoisotopic (exact) mass is 215 g/mol. The molecule has 90 valence electrons. The minimum absolute atomic E-state index is 0.0796. The number of methoxy groups -OCH3 is 1. The van der Waals surface area contributed by atoms with E-state index in [1.54, 1.807) is 7.11 Å². The van der Waals surface area contributed by atoms with Crippen LogP contribution in [0.1, 0.15) is 45.4 Å². The molecule has 1 atom stereocenters. The third-order valence-electron chi connectivity index (χ3n) is 4.14. The third-order valence-corrected chi connectivity index (χ3v) is 4.14. The Labute approximate surface area is 93.0 Å². The molecule has 3 N–H and O–H groups in total. The number of hydrogen-bond acceptors (Lipinski definition) is 3. The molecule has 0 amide bonds. The number of ether oxygens (including phenoxy) is 1. The summed E-state index contributed by atoms with van der Waals surface area (Å²) in [6, 6.07) is 0. The number of hydrogen-bond donors (Lipinski definition) is 2. The highest BCUT2D eigenvalue weighted by atomic mass is 16.5. The highest BCUT2D eigenvalue weighted by Crippen LogP contribution is 2.45. The molecule has 0 aliphatic heterocycles. The van der Waals surface area contributed by atoms with Gasteiger partial charge in [-0.05, 0) is 26.2 Å². The van der Waals surface area contributed by atoms with Crippen LogP contribution < -0.4 is 5.73 Å². The summed E-state index contributed by atoms with van der Waals surface area (Å²) in [5.41, 5.74) is 5.13. The van der Waals surface area contributed by atoms with Crippen molar-refractivity contribution in [2.45, 2.75) is 51.0 Å². The van der Waals surface area contributed by atoms with E-state index < -0.39 is 5.60 Å². The van der Waals surface area contributed by atoms with E-state index in [1.165, 1.54) is 19.3 Å². The Bertz CT molecular complexity index is 186. The zero-order valence-electron chi connectivity index (χ0n) is 10.1. The van der Waals surface area contributed by atoms with Crippen molar-refractivity contribution in [3.05, 3.63) is 0 Å². The average Bonchev–Trinajstić information content (AvgIpc) is 2.27. The van der Waals surface area contributed by atoms with Crippen LogP contribution in [-0.2, 0) is 4.74 Å². The van der Waals surface area contributed by atoms with Gasteiger partial charge in [-0.1, -0.05) is 19.3 Å².